The van der Waals surface area contributed by atoms with Crippen molar-refractivity contribution in [2.75, 3.05) is 26.3 Å². The third-order valence-electron chi connectivity index (χ3n) is 5.35. The topological polar surface area (TPSA) is 45.3 Å². The first kappa shape index (κ1) is 17.0. The Hall–Kier alpha value is -2.43. The SMILES string of the molecule is CC(C)(C(=O)c1ccc(-c2cc3ccccc3[nH]2)cc1)N1CCOCC1. The molecule has 0 aliphatic carbocycles. The van der Waals surface area contributed by atoms with Crippen LogP contribution in [0, 0.1) is 0 Å². The maximum absolute atomic E-state index is 13.1. The fourth-order valence-corrected chi connectivity index (χ4v) is 3.65. The monoisotopic (exact) mass is 348 g/mol. The van der Waals surface area contributed by atoms with Crippen LogP contribution in [-0.2, 0) is 4.74 Å². The number of Topliss-reactive ketones (excluding diaryl/α,β-unsaturated/α-hetero) is 1. The molecule has 3 aromatic rings. The first-order valence-electron chi connectivity index (χ1n) is 9.11. The molecule has 1 aliphatic heterocycles. The van der Waals surface area contributed by atoms with Gasteiger partial charge in [0.2, 0.25) is 0 Å². The molecule has 2 heterocycles. The molecule has 1 fully saturated rings. The summed E-state index contributed by atoms with van der Waals surface area (Å²) in [6, 6.07) is 18.3. The van der Waals surface area contributed by atoms with E-state index in [4.69, 9.17) is 4.74 Å². The summed E-state index contributed by atoms with van der Waals surface area (Å²) in [6.45, 7) is 6.99. The summed E-state index contributed by atoms with van der Waals surface area (Å²) in [6.07, 6.45) is 0. The summed E-state index contributed by atoms with van der Waals surface area (Å²) in [5, 5.41) is 1.19. The zero-order valence-corrected chi connectivity index (χ0v) is 15.3. The molecule has 0 bridgehead atoms. The summed E-state index contributed by atoms with van der Waals surface area (Å²) in [5.41, 5.74) is 3.50. The van der Waals surface area contributed by atoms with Crippen molar-refractivity contribution in [2.24, 2.45) is 0 Å². The van der Waals surface area contributed by atoms with E-state index in [1.165, 1.54) is 5.39 Å². The first-order chi connectivity index (χ1) is 12.6. The lowest BCUT2D eigenvalue weighted by molar-refractivity contribution is -0.00429. The van der Waals surface area contributed by atoms with E-state index in [2.05, 4.69) is 28.1 Å². The standard InChI is InChI=1S/C22H24N2O2/c1-22(2,24-11-13-26-14-12-24)21(25)17-9-7-16(8-10-17)20-15-18-5-3-4-6-19(18)23-20/h3-10,15,23H,11-14H2,1-2H3. The Kier molecular flexibility index (Phi) is 4.39. The molecular formula is C22H24N2O2. The smallest absolute Gasteiger partial charge is 0.182 e. The van der Waals surface area contributed by atoms with Crippen LogP contribution in [0.4, 0.5) is 0 Å². The van der Waals surface area contributed by atoms with E-state index in [0.717, 1.165) is 35.4 Å². The van der Waals surface area contributed by atoms with Gasteiger partial charge < -0.3 is 9.72 Å². The molecule has 0 radical (unpaired) electrons. The molecule has 0 spiro atoms. The number of nitrogens with one attached hydrogen (secondary N) is 1. The molecular weight excluding hydrogens is 324 g/mol. The zero-order chi connectivity index (χ0) is 18.1. The summed E-state index contributed by atoms with van der Waals surface area (Å²) < 4.78 is 5.41. The average Bonchev–Trinajstić information content (AvgIpc) is 3.12. The third-order valence-corrected chi connectivity index (χ3v) is 5.35. The Morgan fingerprint density at radius 2 is 1.73 bits per heavy atom. The Morgan fingerprint density at radius 1 is 1.04 bits per heavy atom. The number of morpholine rings is 1. The van der Waals surface area contributed by atoms with Crippen LogP contribution in [0.25, 0.3) is 22.2 Å². The normalized spacial score (nSPS) is 16.1. The van der Waals surface area contributed by atoms with Crippen molar-refractivity contribution >= 4 is 16.7 Å². The van der Waals surface area contributed by atoms with Crippen molar-refractivity contribution in [3.8, 4) is 11.3 Å². The number of carbonyl (C=O) groups is 1. The van der Waals surface area contributed by atoms with Crippen molar-refractivity contribution in [2.45, 2.75) is 19.4 Å². The molecule has 134 valence electrons. The molecule has 26 heavy (non-hydrogen) atoms. The maximum atomic E-state index is 13.1. The van der Waals surface area contributed by atoms with E-state index >= 15 is 0 Å². The van der Waals surface area contributed by atoms with Gasteiger partial charge in [0.05, 0.1) is 18.8 Å². The number of H-pyrrole nitrogens is 1. The summed E-state index contributed by atoms with van der Waals surface area (Å²) in [5.74, 6) is 0.155. The Balaban J connectivity index is 1.57. The van der Waals surface area contributed by atoms with Crippen molar-refractivity contribution in [3.05, 3.63) is 60.2 Å². The van der Waals surface area contributed by atoms with Gasteiger partial charge in [0.25, 0.3) is 0 Å². The molecule has 1 N–H and O–H groups in total. The highest BCUT2D eigenvalue weighted by Gasteiger charge is 2.35. The minimum atomic E-state index is -0.521. The minimum absolute atomic E-state index is 0.155. The summed E-state index contributed by atoms with van der Waals surface area (Å²) in [7, 11) is 0. The number of carbonyl (C=O) groups excluding carboxylic acids is 1. The van der Waals surface area contributed by atoms with Crippen molar-refractivity contribution in [1.29, 1.82) is 0 Å². The van der Waals surface area contributed by atoms with Gasteiger partial charge in [-0.25, -0.2) is 0 Å². The molecule has 4 rings (SSSR count). The molecule has 2 aromatic carbocycles. The van der Waals surface area contributed by atoms with Crippen LogP contribution in [0.5, 0.6) is 0 Å². The fourth-order valence-electron chi connectivity index (χ4n) is 3.65. The van der Waals surface area contributed by atoms with Gasteiger partial charge in [-0.1, -0.05) is 42.5 Å². The number of hydrogen-bond acceptors (Lipinski definition) is 3. The van der Waals surface area contributed by atoms with Crippen LogP contribution in [0.2, 0.25) is 0 Å². The molecule has 4 heteroatoms. The first-order valence-corrected chi connectivity index (χ1v) is 9.11. The van der Waals surface area contributed by atoms with Crippen molar-refractivity contribution in [3.63, 3.8) is 0 Å². The number of para-hydroxylation sites is 1. The van der Waals surface area contributed by atoms with Gasteiger partial charge in [0.1, 0.15) is 0 Å². The van der Waals surface area contributed by atoms with E-state index < -0.39 is 5.54 Å². The highest BCUT2D eigenvalue weighted by Crippen LogP contribution is 2.26. The Morgan fingerprint density at radius 3 is 2.42 bits per heavy atom. The van der Waals surface area contributed by atoms with Crippen LogP contribution in [0.3, 0.4) is 0 Å². The number of aromatic amines is 1. The van der Waals surface area contributed by atoms with Gasteiger partial charge in [0.15, 0.2) is 5.78 Å². The number of hydrogen-bond donors (Lipinski definition) is 1. The number of aromatic nitrogens is 1. The van der Waals surface area contributed by atoms with Gasteiger partial charge in [-0.3, -0.25) is 9.69 Å². The van der Waals surface area contributed by atoms with E-state index in [1.807, 2.05) is 50.2 Å². The zero-order valence-electron chi connectivity index (χ0n) is 15.3. The van der Waals surface area contributed by atoms with Crippen LogP contribution in [0.15, 0.2) is 54.6 Å². The molecule has 0 saturated carbocycles. The summed E-state index contributed by atoms with van der Waals surface area (Å²) >= 11 is 0. The lowest BCUT2D eigenvalue weighted by Gasteiger charge is -2.39. The van der Waals surface area contributed by atoms with Gasteiger partial charge in [-0.15, -0.1) is 0 Å². The minimum Gasteiger partial charge on any atom is -0.379 e. The fraction of sp³-hybridized carbons (Fsp3) is 0.318. The second kappa shape index (κ2) is 6.71. The van der Waals surface area contributed by atoms with E-state index in [-0.39, 0.29) is 5.78 Å². The quantitative estimate of drug-likeness (QED) is 0.721. The number of ketones is 1. The number of benzene rings is 2. The molecule has 4 nitrogen and oxygen atoms in total. The number of nitrogens with zero attached hydrogens (tertiary/aromatic N) is 1. The van der Waals surface area contributed by atoms with Crippen LogP contribution in [-0.4, -0.2) is 47.5 Å². The van der Waals surface area contributed by atoms with Crippen molar-refractivity contribution in [1.82, 2.24) is 9.88 Å². The average molecular weight is 348 g/mol. The highest BCUT2D eigenvalue weighted by molar-refractivity contribution is 6.03. The molecule has 1 aromatic heterocycles. The lowest BCUT2D eigenvalue weighted by atomic mass is 9.90. The molecule has 1 saturated heterocycles. The Labute approximate surface area is 153 Å². The molecule has 0 amide bonds. The van der Waals surface area contributed by atoms with Crippen LogP contribution < -0.4 is 0 Å². The number of fused-ring (bicyclic) bond motifs is 1. The summed E-state index contributed by atoms with van der Waals surface area (Å²) in [4.78, 5) is 18.7. The molecule has 0 unspecified atom stereocenters. The van der Waals surface area contributed by atoms with E-state index in [1.54, 1.807) is 0 Å². The predicted octanol–water partition coefficient (Wildman–Crippen LogP) is 4.13. The van der Waals surface area contributed by atoms with E-state index in [9.17, 15) is 4.79 Å². The molecule has 1 aliphatic rings. The van der Waals surface area contributed by atoms with Gasteiger partial charge in [0, 0.05) is 35.2 Å². The highest BCUT2D eigenvalue weighted by atomic mass is 16.5. The van der Waals surface area contributed by atoms with E-state index in [0.29, 0.717) is 13.2 Å². The van der Waals surface area contributed by atoms with Gasteiger partial charge in [-0.05, 0) is 31.5 Å². The second-order valence-electron chi connectivity index (χ2n) is 7.34. The maximum Gasteiger partial charge on any atom is 0.182 e. The largest absolute Gasteiger partial charge is 0.379 e. The van der Waals surface area contributed by atoms with Gasteiger partial charge >= 0.3 is 0 Å². The molecule has 0 atom stereocenters. The predicted molar refractivity (Wildman–Crippen MR) is 105 cm³/mol. The Bertz CT molecular complexity index is 886. The number of rotatable bonds is 4. The van der Waals surface area contributed by atoms with Gasteiger partial charge in [-0.2, -0.15) is 0 Å². The van der Waals surface area contributed by atoms with Crippen LogP contribution >= 0.6 is 0 Å². The number of ether oxygens (including phenoxy) is 1. The van der Waals surface area contributed by atoms with Crippen LogP contribution in [0.1, 0.15) is 24.2 Å². The lowest BCUT2D eigenvalue weighted by Crippen LogP contribution is -2.54. The van der Waals surface area contributed by atoms with Crippen molar-refractivity contribution < 1.29 is 9.53 Å². The second-order valence-corrected chi connectivity index (χ2v) is 7.34. The third kappa shape index (κ3) is 3.06.